The van der Waals surface area contributed by atoms with Gasteiger partial charge in [-0.3, -0.25) is 0 Å². The standard InChI is InChI=1S/C14H27IO2/c1-14(2,3)17-11-10-16-13-9-7-5-4-6-8-12(13)15/h12-13H,4-11H2,1-3H3. The van der Waals surface area contributed by atoms with E-state index in [0.717, 1.165) is 6.61 Å². The van der Waals surface area contributed by atoms with Crippen LogP contribution in [0.3, 0.4) is 0 Å². The van der Waals surface area contributed by atoms with Crippen LogP contribution < -0.4 is 0 Å². The number of ether oxygens (including phenoxy) is 2. The van der Waals surface area contributed by atoms with Gasteiger partial charge in [0.2, 0.25) is 0 Å². The number of hydrogen-bond acceptors (Lipinski definition) is 2. The zero-order valence-corrected chi connectivity index (χ0v) is 13.7. The summed E-state index contributed by atoms with van der Waals surface area (Å²) >= 11 is 2.56. The van der Waals surface area contributed by atoms with Crippen LogP contribution in [-0.4, -0.2) is 28.8 Å². The molecule has 1 fully saturated rings. The molecule has 0 aromatic heterocycles. The van der Waals surface area contributed by atoms with E-state index in [-0.39, 0.29) is 5.60 Å². The predicted octanol–water partition coefficient (Wildman–Crippen LogP) is 4.34. The van der Waals surface area contributed by atoms with Gasteiger partial charge in [-0.1, -0.05) is 48.3 Å². The van der Waals surface area contributed by atoms with E-state index in [9.17, 15) is 0 Å². The molecule has 0 heterocycles. The lowest BCUT2D eigenvalue weighted by Crippen LogP contribution is -2.29. The van der Waals surface area contributed by atoms with Crippen molar-refractivity contribution >= 4 is 22.6 Å². The van der Waals surface area contributed by atoms with Crippen LogP contribution in [0, 0.1) is 0 Å². The average Bonchev–Trinajstić information content (AvgIpc) is 2.20. The molecule has 0 radical (unpaired) electrons. The molecule has 3 heteroatoms. The van der Waals surface area contributed by atoms with Gasteiger partial charge in [0.15, 0.2) is 0 Å². The molecular formula is C14H27IO2. The summed E-state index contributed by atoms with van der Waals surface area (Å²) < 4.78 is 12.4. The Labute approximate surface area is 120 Å². The maximum absolute atomic E-state index is 5.99. The fourth-order valence-electron chi connectivity index (χ4n) is 2.14. The summed E-state index contributed by atoms with van der Waals surface area (Å²) in [6.07, 6.45) is 8.45. The highest BCUT2D eigenvalue weighted by atomic mass is 127. The van der Waals surface area contributed by atoms with Crippen LogP contribution >= 0.6 is 22.6 Å². The number of hydrogen-bond donors (Lipinski definition) is 0. The van der Waals surface area contributed by atoms with Gasteiger partial charge in [0.05, 0.1) is 24.9 Å². The first-order valence-corrected chi connectivity index (χ1v) is 8.13. The maximum atomic E-state index is 5.99. The van der Waals surface area contributed by atoms with E-state index in [1.165, 1.54) is 38.5 Å². The first-order valence-electron chi connectivity index (χ1n) is 6.89. The van der Waals surface area contributed by atoms with Gasteiger partial charge >= 0.3 is 0 Å². The molecule has 102 valence electrons. The van der Waals surface area contributed by atoms with Crippen molar-refractivity contribution in [3.8, 4) is 0 Å². The van der Waals surface area contributed by atoms with Crippen LogP contribution in [0.2, 0.25) is 0 Å². The van der Waals surface area contributed by atoms with Crippen molar-refractivity contribution in [3.05, 3.63) is 0 Å². The van der Waals surface area contributed by atoms with E-state index in [1.807, 2.05) is 0 Å². The Bertz CT molecular complexity index is 201. The molecule has 0 spiro atoms. The van der Waals surface area contributed by atoms with Gasteiger partial charge in [0, 0.05) is 3.92 Å². The SMILES string of the molecule is CC(C)(C)OCCOC1CCCCCCC1I. The zero-order valence-electron chi connectivity index (χ0n) is 11.5. The van der Waals surface area contributed by atoms with Crippen LogP contribution in [0.25, 0.3) is 0 Å². The van der Waals surface area contributed by atoms with E-state index in [2.05, 4.69) is 43.4 Å². The van der Waals surface area contributed by atoms with E-state index in [4.69, 9.17) is 9.47 Å². The zero-order chi connectivity index (χ0) is 12.7. The summed E-state index contributed by atoms with van der Waals surface area (Å²) in [5.41, 5.74) is -0.0476. The lowest BCUT2D eigenvalue weighted by molar-refractivity contribution is -0.0534. The highest BCUT2D eigenvalue weighted by Gasteiger charge is 2.21. The Morgan fingerprint density at radius 1 is 1.00 bits per heavy atom. The van der Waals surface area contributed by atoms with Crippen LogP contribution in [0.15, 0.2) is 0 Å². The molecule has 2 atom stereocenters. The molecule has 0 N–H and O–H groups in total. The van der Waals surface area contributed by atoms with Crippen molar-refractivity contribution in [2.24, 2.45) is 0 Å². The van der Waals surface area contributed by atoms with Gasteiger partial charge in [-0.25, -0.2) is 0 Å². The molecule has 0 aliphatic heterocycles. The molecule has 2 unspecified atom stereocenters. The van der Waals surface area contributed by atoms with Crippen molar-refractivity contribution in [2.75, 3.05) is 13.2 Å². The maximum Gasteiger partial charge on any atom is 0.0707 e. The summed E-state index contributed by atoms with van der Waals surface area (Å²) in [5, 5.41) is 0. The van der Waals surface area contributed by atoms with Gasteiger partial charge < -0.3 is 9.47 Å². The molecule has 0 aromatic carbocycles. The summed E-state index contributed by atoms with van der Waals surface area (Å²) in [6.45, 7) is 7.71. The molecule has 1 saturated carbocycles. The third-order valence-corrected chi connectivity index (χ3v) is 4.50. The highest BCUT2D eigenvalue weighted by Crippen LogP contribution is 2.25. The predicted molar refractivity (Wildman–Crippen MR) is 81.0 cm³/mol. The van der Waals surface area contributed by atoms with Crippen LogP contribution in [-0.2, 0) is 9.47 Å². The summed E-state index contributed by atoms with van der Waals surface area (Å²) in [4.78, 5) is 0. The lowest BCUT2D eigenvalue weighted by atomic mass is 9.98. The van der Waals surface area contributed by atoms with Crippen LogP contribution in [0.1, 0.15) is 59.3 Å². The highest BCUT2D eigenvalue weighted by molar-refractivity contribution is 14.1. The number of halogens is 1. The van der Waals surface area contributed by atoms with Crippen molar-refractivity contribution in [1.29, 1.82) is 0 Å². The van der Waals surface area contributed by atoms with Crippen molar-refractivity contribution in [2.45, 2.75) is 74.9 Å². The van der Waals surface area contributed by atoms with E-state index in [1.54, 1.807) is 0 Å². The minimum Gasteiger partial charge on any atom is -0.375 e. The quantitative estimate of drug-likeness (QED) is 0.425. The summed E-state index contributed by atoms with van der Waals surface area (Å²) in [6, 6.07) is 0. The molecule has 0 amide bonds. The average molecular weight is 354 g/mol. The Kier molecular flexibility index (Phi) is 7.34. The number of alkyl halides is 1. The molecule has 17 heavy (non-hydrogen) atoms. The lowest BCUT2D eigenvalue weighted by Gasteiger charge is -2.26. The molecule has 1 aliphatic rings. The molecule has 1 aliphatic carbocycles. The summed E-state index contributed by atoms with van der Waals surface area (Å²) in [7, 11) is 0. The van der Waals surface area contributed by atoms with Gasteiger partial charge in [-0.15, -0.1) is 0 Å². The summed E-state index contributed by atoms with van der Waals surface area (Å²) in [5.74, 6) is 0. The van der Waals surface area contributed by atoms with Gasteiger partial charge in [-0.05, 0) is 33.6 Å². The van der Waals surface area contributed by atoms with E-state index >= 15 is 0 Å². The van der Waals surface area contributed by atoms with Crippen LogP contribution in [0.4, 0.5) is 0 Å². The normalized spacial score (nSPS) is 27.5. The molecule has 2 nitrogen and oxygen atoms in total. The first-order chi connectivity index (χ1) is 7.99. The third-order valence-electron chi connectivity index (χ3n) is 3.07. The fourth-order valence-corrected chi connectivity index (χ4v) is 3.15. The monoisotopic (exact) mass is 354 g/mol. The van der Waals surface area contributed by atoms with Crippen molar-refractivity contribution in [3.63, 3.8) is 0 Å². The van der Waals surface area contributed by atoms with E-state index in [0.29, 0.717) is 16.6 Å². The van der Waals surface area contributed by atoms with E-state index < -0.39 is 0 Å². The molecule has 0 saturated heterocycles. The van der Waals surface area contributed by atoms with Crippen LogP contribution in [0.5, 0.6) is 0 Å². The largest absolute Gasteiger partial charge is 0.375 e. The molecule has 0 bridgehead atoms. The second kappa shape index (κ2) is 7.95. The third kappa shape index (κ3) is 7.62. The second-order valence-electron chi connectivity index (χ2n) is 5.88. The Morgan fingerprint density at radius 3 is 2.29 bits per heavy atom. The Hall–Kier alpha value is 0.650. The Balaban J connectivity index is 2.19. The Morgan fingerprint density at radius 2 is 1.65 bits per heavy atom. The van der Waals surface area contributed by atoms with Gasteiger partial charge in [0.25, 0.3) is 0 Å². The second-order valence-corrected chi connectivity index (χ2v) is 7.48. The van der Waals surface area contributed by atoms with Crippen molar-refractivity contribution in [1.82, 2.24) is 0 Å². The minimum atomic E-state index is -0.0476. The first kappa shape index (κ1) is 15.7. The topological polar surface area (TPSA) is 18.5 Å². The van der Waals surface area contributed by atoms with Crippen molar-refractivity contribution < 1.29 is 9.47 Å². The van der Waals surface area contributed by atoms with Gasteiger partial charge in [-0.2, -0.15) is 0 Å². The fraction of sp³-hybridized carbons (Fsp3) is 1.00. The number of rotatable bonds is 4. The molecule has 1 rings (SSSR count). The smallest absolute Gasteiger partial charge is 0.0707 e. The molecular weight excluding hydrogens is 327 g/mol. The molecule has 0 aromatic rings. The minimum absolute atomic E-state index is 0.0476. The van der Waals surface area contributed by atoms with Gasteiger partial charge in [0.1, 0.15) is 0 Å².